The van der Waals surface area contributed by atoms with Crippen LogP contribution in [0.1, 0.15) is 18.4 Å². The Morgan fingerprint density at radius 3 is 2.24 bits per heavy atom. The number of ether oxygens (including phenoxy) is 2. The van der Waals surface area contributed by atoms with Crippen molar-refractivity contribution in [1.29, 1.82) is 0 Å². The van der Waals surface area contributed by atoms with Gasteiger partial charge in [-0.3, -0.25) is 9.69 Å². The molecule has 3 aliphatic rings. The van der Waals surface area contributed by atoms with Crippen molar-refractivity contribution in [2.75, 3.05) is 32.0 Å². The van der Waals surface area contributed by atoms with Crippen LogP contribution in [0.25, 0.3) is 0 Å². The van der Waals surface area contributed by atoms with Crippen LogP contribution in [-0.2, 0) is 20.9 Å². The van der Waals surface area contributed by atoms with Gasteiger partial charge in [-0.05, 0) is 30.5 Å². The summed E-state index contributed by atoms with van der Waals surface area (Å²) in [6.07, 6.45) is 3.17. The molecule has 3 aliphatic heterocycles. The minimum Gasteiger partial charge on any atom is -0.486 e. The van der Waals surface area contributed by atoms with Gasteiger partial charge in [-0.1, -0.05) is 42.5 Å². The number of carbonyl (C=O) groups excluding carboxylic acids is 1. The lowest BCUT2D eigenvalue weighted by Crippen LogP contribution is -2.53. The number of fused-ring (bicyclic) bond motifs is 1. The number of nitrogens with zero attached hydrogens (tertiary/aromatic N) is 2. The van der Waals surface area contributed by atoms with Crippen molar-refractivity contribution in [3.63, 3.8) is 0 Å². The molecule has 1 spiro atoms. The molecule has 0 aromatic heterocycles. The first-order valence-electron chi connectivity index (χ1n) is 12.1. The number of hydrogen-bond acceptors (Lipinski definition) is 7. The van der Waals surface area contributed by atoms with Crippen molar-refractivity contribution in [1.82, 2.24) is 9.80 Å². The van der Waals surface area contributed by atoms with E-state index in [-0.39, 0.29) is 16.9 Å². The van der Waals surface area contributed by atoms with Crippen LogP contribution in [0.3, 0.4) is 0 Å². The van der Waals surface area contributed by atoms with Crippen molar-refractivity contribution in [2.45, 2.75) is 30.4 Å². The van der Waals surface area contributed by atoms with Crippen LogP contribution < -0.4 is 9.47 Å². The monoisotopic (exact) mass is 526 g/mol. The maximum atomic E-state index is 12.6. The fraction of sp³-hybridized carbons (Fsp3) is 0.370. The highest BCUT2D eigenvalue weighted by Gasteiger charge is 2.47. The number of aliphatic carboxylic acids is 2. The fourth-order valence-electron chi connectivity index (χ4n) is 4.66. The lowest BCUT2D eigenvalue weighted by atomic mass is 10.0. The molecule has 0 bridgehead atoms. The molecule has 1 atom stereocenters. The van der Waals surface area contributed by atoms with Crippen molar-refractivity contribution in [3.8, 4) is 11.5 Å². The standard InChI is InChI=1S/C23H26N2O3S.C4H4O4/c26-22-17-29-23(25(22)14-18-6-2-1-3-7-18)10-12-24(13-11-23)15-19-16-27-20-8-4-5-9-21(20)28-19;5-3(6)1-2-4(7)8/h1-9,19H,10-17H2;1-2H,(H,5,6)(H,7,8)/b;2-1-. The first kappa shape index (κ1) is 26.6. The van der Waals surface area contributed by atoms with E-state index in [1.165, 1.54) is 5.56 Å². The quantitative estimate of drug-likeness (QED) is 0.548. The first-order valence-corrected chi connectivity index (χ1v) is 13.1. The van der Waals surface area contributed by atoms with Crippen LogP contribution >= 0.6 is 11.8 Å². The number of likely N-dealkylation sites (tertiary alicyclic amines) is 1. The molecule has 0 radical (unpaired) electrons. The number of carboxylic acids is 2. The number of rotatable bonds is 6. The smallest absolute Gasteiger partial charge is 0.328 e. The van der Waals surface area contributed by atoms with E-state index in [1.54, 1.807) is 0 Å². The zero-order valence-corrected chi connectivity index (χ0v) is 21.1. The number of carbonyl (C=O) groups is 3. The lowest BCUT2D eigenvalue weighted by Gasteiger charge is -2.44. The number of carboxylic acid groups (broad SMARTS) is 2. The maximum absolute atomic E-state index is 12.6. The van der Waals surface area contributed by atoms with E-state index in [1.807, 2.05) is 54.2 Å². The van der Waals surface area contributed by atoms with Crippen LogP contribution in [-0.4, -0.2) is 80.8 Å². The second-order valence-corrected chi connectivity index (χ2v) is 10.3. The Morgan fingerprint density at radius 2 is 1.59 bits per heavy atom. The predicted molar refractivity (Wildman–Crippen MR) is 139 cm³/mol. The molecule has 10 heteroatoms. The minimum atomic E-state index is -1.26. The molecule has 2 N–H and O–H groups in total. The van der Waals surface area contributed by atoms with E-state index < -0.39 is 11.9 Å². The van der Waals surface area contributed by atoms with Gasteiger partial charge in [-0.15, -0.1) is 11.8 Å². The highest BCUT2D eigenvalue weighted by molar-refractivity contribution is 8.01. The summed E-state index contributed by atoms with van der Waals surface area (Å²) in [7, 11) is 0. The Bertz CT molecular complexity index is 1120. The fourth-order valence-corrected chi connectivity index (χ4v) is 6.00. The molecule has 5 rings (SSSR count). The van der Waals surface area contributed by atoms with E-state index in [0.717, 1.165) is 44.0 Å². The molecule has 196 valence electrons. The summed E-state index contributed by atoms with van der Waals surface area (Å²) in [4.78, 5) is 36.3. The number of piperidine rings is 1. The number of para-hydroxylation sites is 2. The van der Waals surface area contributed by atoms with Crippen LogP contribution in [0, 0.1) is 0 Å². The molecule has 1 unspecified atom stereocenters. The maximum Gasteiger partial charge on any atom is 0.328 e. The highest BCUT2D eigenvalue weighted by atomic mass is 32.2. The van der Waals surface area contributed by atoms with Gasteiger partial charge in [0.2, 0.25) is 5.91 Å². The second-order valence-electron chi connectivity index (χ2n) is 9.01. The molecule has 9 nitrogen and oxygen atoms in total. The van der Waals surface area contributed by atoms with Crippen LogP contribution in [0.15, 0.2) is 66.7 Å². The van der Waals surface area contributed by atoms with Gasteiger partial charge in [0.15, 0.2) is 11.5 Å². The SMILES string of the molecule is O=C(O)/C=C\C(=O)O.O=C1CSC2(CCN(CC3COc4ccccc4O3)CC2)N1Cc1ccccc1. The van der Waals surface area contributed by atoms with Gasteiger partial charge < -0.3 is 24.6 Å². The molecule has 2 aromatic carbocycles. The van der Waals surface area contributed by atoms with Gasteiger partial charge in [0, 0.05) is 38.3 Å². The normalized spacial score (nSPS) is 20.5. The lowest BCUT2D eigenvalue weighted by molar-refractivity contribution is -0.134. The third-order valence-corrected chi connectivity index (χ3v) is 8.03. The minimum absolute atomic E-state index is 0.0530. The summed E-state index contributed by atoms with van der Waals surface area (Å²) >= 11 is 1.83. The van der Waals surface area contributed by atoms with Crippen molar-refractivity contribution >= 4 is 29.6 Å². The zero-order valence-electron chi connectivity index (χ0n) is 20.3. The van der Waals surface area contributed by atoms with Crippen LogP contribution in [0.2, 0.25) is 0 Å². The molecule has 1 amide bonds. The van der Waals surface area contributed by atoms with Crippen molar-refractivity contribution in [3.05, 3.63) is 72.3 Å². The van der Waals surface area contributed by atoms with E-state index in [9.17, 15) is 14.4 Å². The van der Waals surface area contributed by atoms with E-state index in [0.29, 0.717) is 31.1 Å². The molecular weight excluding hydrogens is 496 g/mol. The Morgan fingerprint density at radius 1 is 0.973 bits per heavy atom. The summed E-state index contributed by atoms with van der Waals surface area (Å²) in [6.45, 7) is 4.12. The van der Waals surface area contributed by atoms with Gasteiger partial charge in [0.1, 0.15) is 12.7 Å². The van der Waals surface area contributed by atoms with Gasteiger partial charge in [0.05, 0.1) is 10.6 Å². The Balaban J connectivity index is 0.000000349. The number of amides is 1. The molecule has 3 heterocycles. The molecule has 0 saturated carbocycles. The highest BCUT2D eigenvalue weighted by Crippen LogP contribution is 2.45. The molecule has 2 aromatic rings. The molecule has 37 heavy (non-hydrogen) atoms. The summed E-state index contributed by atoms with van der Waals surface area (Å²) in [5.74, 6) is 0.0260. The third-order valence-electron chi connectivity index (χ3n) is 6.48. The Kier molecular flexibility index (Phi) is 8.73. The average Bonchev–Trinajstić information content (AvgIpc) is 3.19. The molecule has 2 saturated heterocycles. The number of benzene rings is 2. The van der Waals surface area contributed by atoms with E-state index in [4.69, 9.17) is 19.7 Å². The van der Waals surface area contributed by atoms with Crippen LogP contribution in [0.4, 0.5) is 0 Å². The topological polar surface area (TPSA) is 117 Å². The van der Waals surface area contributed by atoms with Crippen LogP contribution in [0.5, 0.6) is 11.5 Å². The van der Waals surface area contributed by atoms with Gasteiger partial charge in [-0.25, -0.2) is 9.59 Å². The third kappa shape index (κ3) is 7.05. The summed E-state index contributed by atoms with van der Waals surface area (Å²) in [5.41, 5.74) is 1.21. The number of hydrogen-bond donors (Lipinski definition) is 2. The Labute approximate surface area is 219 Å². The Hall–Kier alpha value is -3.50. The van der Waals surface area contributed by atoms with Crippen molar-refractivity contribution < 1.29 is 34.1 Å². The largest absolute Gasteiger partial charge is 0.486 e. The molecule has 2 fully saturated rings. The summed E-state index contributed by atoms with van der Waals surface area (Å²) in [6, 6.07) is 18.2. The zero-order chi connectivity index (χ0) is 26.3. The first-order chi connectivity index (χ1) is 17.8. The summed E-state index contributed by atoms with van der Waals surface area (Å²) < 4.78 is 12.0. The van der Waals surface area contributed by atoms with Gasteiger partial charge >= 0.3 is 11.9 Å². The average molecular weight is 527 g/mol. The van der Waals surface area contributed by atoms with Crippen molar-refractivity contribution in [2.24, 2.45) is 0 Å². The molecule has 0 aliphatic carbocycles. The van der Waals surface area contributed by atoms with Gasteiger partial charge in [0.25, 0.3) is 0 Å². The van der Waals surface area contributed by atoms with Gasteiger partial charge in [-0.2, -0.15) is 0 Å². The predicted octanol–water partition coefficient (Wildman–Crippen LogP) is 3.11. The number of thioether (sulfide) groups is 1. The van der Waals surface area contributed by atoms with E-state index in [2.05, 4.69) is 21.9 Å². The van der Waals surface area contributed by atoms with E-state index >= 15 is 0 Å². The second kappa shape index (κ2) is 12.2. The summed E-state index contributed by atoms with van der Waals surface area (Å²) in [5, 5.41) is 15.6. The molecular formula is C27H30N2O7S.